The van der Waals surface area contributed by atoms with Gasteiger partial charge in [0.05, 0.1) is 11.0 Å². The van der Waals surface area contributed by atoms with Crippen molar-refractivity contribution < 1.29 is 4.42 Å². The molecular weight excluding hydrogens is 597 g/mol. The van der Waals surface area contributed by atoms with Crippen molar-refractivity contribution in [1.29, 1.82) is 0 Å². The quantitative estimate of drug-likeness (QED) is 0.190. The van der Waals surface area contributed by atoms with Crippen LogP contribution in [-0.4, -0.2) is 4.57 Å². The number of para-hydroxylation sites is 3. The van der Waals surface area contributed by atoms with Gasteiger partial charge in [0.1, 0.15) is 11.2 Å². The molecule has 0 aliphatic heterocycles. The number of hydrogen-bond acceptors (Lipinski definition) is 2. The molecule has 0 saturated carbocycles. The smallest absolute Gasteiger partial charge is 0.137 e. The molecule has 0 radical (unpaired) electrons. The zero-order valence-electron chi connectivity index (χ0n) is 26.6. The Balaban J connectivity index is 1.25. The molecule has 0 spiro atoms. The largest absolute Gasteiger partial charge is 0.456 e. The fourth-order valence-corrected chi connectivity index (χ4v) is 7.61. The lowest BCUT2D eigenvalue weighted by atomic mass is 9.94. The van der Waals surface area contributed by atoms with Crippen LogP contribution in [0.5, 0.6) is 0 Å². The first kappa shape index (κ1) is 27.5. The van der Waals surface area contributed by atoms with Crippen LogP contribution in [0, 0.1) is 0 Å². The molecular formula is C46H30N2O. The maximum atomic E-state index is 6.36. The van der Waals surface area contributed by atoms with Gasteiger partial charge >= 0.3 is 0 Å². The van der Waals surface area contributed by atoms with Crippen molar-refractivity contribution in [2.45, 2.75) is 0 Å². The van der Waals surface area contributed by atoms with Crippen LogP contribution in [0.1, 0.15) is 0 Å². The summed E-state index contributed by atoms with van der Waals surface area (Å²) >= 11 is 0. The van der Waals surface area contributed by atoms with Crippen LogP contribution >= 0.6 is 0 Å². The van der Waals surface area contributed by atoms with Crippen molar-refractivity contribution in [3.05, 3.63) is 182 Å². The van der Waals surface area contributed by atoms with E-state index in [1.54, 1.807) is 0 Å². The third-order valence-electron chi connectivity index (χ3n) is 9.76. The Kier molecular flexibility index (Phi) is 6.18. The van der Waals surface area contributed by atoms with Gasteiger partial charge in [0.15, 0.2) is 0 Å². The van der Waals surface area contributed by atoms with Crippen molar-refractivity contribution in [3.63, 3.8) is 0 Å². The van der Waals surface area contributed by atoms with E-state index in [1.807, 2.05) is 12.1 Å². The highest BCUT2D eigenvalue weighted by atomic mass is 16.3. The third-order valence-corrected chi connectivity index (χ3v) is 9.76. The van der Waals surface area contributed by atoms with Gasteiger partial charge in [-0.3, -0.25) is 0 Å². The average molecular weight is 627 g/mol. The monoisotopic (exact) mass is 626 g/mol. The molecule has 230 valence electrons. The van der Waals surface area contributed by atoms with Gasteiger partial charge in [0, 0.05) is 50.4 Å². The topological polar surface area (TPSA) is 21.3 Å². The van der Waals surface area contributed by atoms with Gasteiger partial charge in [0.25, 0.3) is 0 Å². The minimum absolute atomic E-state index is 0.874. The lowest BCUT2D eigenvalue weighted by molar-refractivity contribution is 0.669. The summed E-state index contributed by atoms with van der Waals surface area (Å²) in [5.41, 5.74) is 10.9. The summed E-state index contributed by atoms with van der Waals surface area (Å²) in [5, 5.41) is 7.21. The van der Waals surface area contributed by atoms with Crippen LogP contribution in [0.15, 0.2) is 186 Å². The van der Waals surface area contributed by atoms with Gasteiger partial charge in [-0.1, -0.05) is 115 Å². The van der Waals surface area contributed by atoms with E-state index in [0.717, 1.165) is 50.2 Å². The summed E-state index contributed by atoms with van der Waals surface area (Å²) in [7, 11) is 0. The Morgan fingerprint density at radius 2 is 1.02 bits per heavy atom. The molecule has 0 bridgehead atoms. The van der Waals surface area contributed by atoms with E-state index in [-0.39, 0.29) is 0 Å². The third kappa shape index (κ3) is 4.37. The predicted molar refractivity (Wildman–Crippen MR) is 206 cm³/mol. The van der Waals surface area contributed by atoms with Crippen molar-refractivity contribution in [2.24, 2.45) is 0 Å². The number of nitrogens with zero attached hydrogens (tertiary/aromatic N) is 2. The molecule has 0 fully saturated rings. The first-order valence-electron chi connectivity index (χ1n) is 16.7. The first-order chi connectivity index (χ1) is 24.3. The summed E-state index contributed by atoms with van der Waals surface area (Å²) < 4.78 is 8.77. The second-order valence-electron chi connectivity index (χ2n) is 12.5. The van der Waals surface area contributed by atoms with Crippen LogP contribution in [0.25, 0.3) is 71.3 Å². The molecule has 10 aromatic rings. The van der Waals surface area contributed by atoms with Crippen LogP contribution in [0.4, 0.5) is 17.1 Å². The summed E-state index contributed by atoms with van der Waals surface area (Å²) in [5.74, 6) is 0. The molecule has 0 unspecified atom stereocenters. The molecule has 10 rings (SSSR count). The zero-order valence-corrected chi connectivity index (χ0v) is 26.6. The standard InChI is InChI=1S/C46H30N2O/c1-3-15-32(16-4-1)47(35-25-27-39-38-20-9-10-24-44(38)49-45(39)30-35)34-26-28-41-43(29-34)48(33-17-5-2-6-18-33)42-23-12-22-40(46(41)42)37-21-11-14-31-13-7-8-19-36(31)37/h1-30H. The summed E-state index contributed by atoms with van der Waals surface area (Å²) in [6.07, 6.45) is 0. The average Bonchev–Trinajstić information content (AvgIpc) is 3.70. The number of hydrogen-bond donors (Lipinski definition) is 0. The Bertz CT molecular complexity index is 2820. The Morgan fingerprint density at radius 1 is 0.388 bits per heavy atom. The molecule has 49 heavy (non-hydrogen) atoms. The summed E-state index contributed by atoms with van der Waals surface area (Å²) in [6.45, 7) is 0. The van der Waals surface area contributed by atoms with Gasteiger partial charge in [-0.05, 0) is 82.6 Å². The van der Waals surface area contributed by atoms with E-state index < -0.39 is 0 Å². The fraction of sp³-hybridized carbons (Fsp3) is 0. The van der Waals surface area contributed by atoms with Crippen LogP contribution < -0.4 is 4.90 Å². The number of fused-ring (bicyclic) bond motifs is 7. The fourth-order valence-electron chi connectivity index (χ4n) is 7.61. The Morgan fingerprint density at radius 3 is 1.88 bits per heavy atom. The highest BCUT2D eigenvalue weighted by Crippen LogP contribution is 2.44. The van der Waals surface area contributed by atoms with Gasteiger partial charge in [0.2, 0.25) is 0 Å². The number of benzene rings is 8. The van der Waals surface area contributed by atoms with E-state index in [1.165, 1.54) is 38.2 Å². The molecule has 0 aliphatic carbocycles. The van der Waals surface area contributed by atoms with E-state index in [9.17, 15) is 0 Å². The highest BCUT2D eigenvalue weighted by Gasteiger charge is 2.21. The minimum Gasteiger partial charge on any atom is -0.456 e. The number of furan rings is 1. The molecule has 0 N–H and O–H groups in total. The van der Waals surface area contributed by atoms with E-state index in [4.69, 9.17) is 4.42 Å². The van der Waals surface area contributed by atoms with E-state index in [0.29, 0.717) is 0 Å². The van der Waals surface area contributed by atoms with Crippen LogP contribution in [0.3, 0.4) is 0 Å². The molecule has 0 aliphatic rings. The van der Waals surface area contributed by atoms with Crippen LogP contribution in [0.2, 0.25) is 0 Å². The second-order valence-corrected chi connectivity index (χ2v) is 12.5. The molecule has 2 heterocycles. The molecule has 0 amide bonds. The Hall–Kier alpha value is -6.58. The van der Waals surface area contributed by atoms with E-state index >= 15 is 0 Å². The normalized spacial score (nSPS) is 11.7. The number of rotatable bonds is 5. The van der Waals surface area contributed by atoms with Crippen molar-refractivity contribution in [1.82, 2.24) is 4.57 Å². The lowest BCUT2D eigenvalue weighted by Crippen LogP contribution is -2.09. The molecule has 3 heteroatoms. The van der Waals surface area contributed by atoms with Gasteiger partial charge in [-0.25, -0.2) is 0 Å². The summed E-state index contributed by atoms with van der Waals surface area (Å²) in [4.78, 5) is 2.32. The van der Waals surface area contributed by atoms with Gasteiger partial charge in [-0.15, -0.1) is 0 Å². The number of aromatic nitrogens is 1. The molecule has 8 aromatic carbocycles. The van der Waals surface area contributed by atoms with Crippen molar-refractivity contribution in [2.75, 3.05) is 4.90 Å². The predicted octanol–water partition coefficient (Wildman–Crippen LogP) is 13.0. The minimum atomic E-state index is 0.874. The van der Waals surface area contributed by atoms with E-state index in [2.05, 4.69) is 179 Å². The first-order valence-corrected chi connectivity index (χ1v) is 16.7. The van der Waals surface area contributed by atoms with Gasteiger partial charge < -0.3 is 13.9 Å². The molecule has 0 saturated heterocycles. The number of anilines is 3. The SMILES string of the molecule is c1ccc(N(c2ccc3c(c2)oc2ccccc23)c2ccc3c4c(-c5cccc6ccccc56)cccc4n(-c4ccccc4)c3c2)cc1. The second kappa shape index (κ2) is 11.0. The summed E-state index contributed by atoms with van der Waals surface area (Å²) in [6, 6.07) is 65.0. The molecule has 2 aromatic heterocycles. The zero-order chi connectivity index (χ0) is 32.3. The lowest BCUT2D eigenvalue weighted by Gasteiger charge is -2.25. The maximum Gasteiger partial charge on any atom is 0.137 e. The van der Waals surface area contributed by atoms with Crippen molar-refractivity contribution in [3.8, 4) is 16.8 Å². The van der Waals surface area contributed by atoms with Crippen molar-refractivity contribution >= 4 is 71.6 Å². The maximum absolute atomic E-state index is 6.36. The molecule has 3 nitrogen and oxygen atoms in total. The Labute approximate surface area is 283 Å². The molecule has 0 atom stereocenters. The van der Waals surface area contributed by atoms with Gasteiger partial charge in [-0.2, -0.15) is 0 Å². The van der Waals surface area contributed by atoms with Crippen LogP contribution in [-0.2, 0) is 0 Å². The highest BCUT2D eigenvalue weighted by molar-refractivity contribution is 6.18.